The molecule has 0 spiro atoms. The molecule has 0 amide bonds. The van der Waals surface area contributed by atoms with Gasteiger partial charge in [0, 0.05) is 40.3 Å². The van der Waals surface area contributed by atoms with Crippen LogP contribution in [0, 0.1) is 6.92 Å². The second-order valence-electron chi connectivity index (χ2n) is 4.82. The van der Waals surface area contributed by atoms with Gasteiger partial charge in [0.2, 0.25) is 0 Å². The number of rotatable bonds is 2. The van der Waals surface area contributed by atoms with Gasteiger partial charge in [-0.2, -0.15) is 0 Å². The third-order valence-electron chi connectivity index (χ3n) is 3.66. The lowest BCUT2D eigenvalue weighted by molar-refractivity contribution is 0.917. The highest BCUT2D eigenvalue weighted by molar-refractivity contribution is 7.80. The first-order valence-electron chi connectivity index (χ1n) is 6.54. The molecule has 0 unspecified atom stereocenters. The Morgan fingerprint density at radius 1 is 1.05 bits per heavy atom. The van der Waals surface area contributed by atoms with Gasteiger partial charge < -0.3 is 4.57 Å². The Balaban J connectivity index is 2.12. The fourth-order valence-corrected chi connectivity index (χ4v) is 2.64. The molecule has 0 radical (unpaired) electrons. The first-order chi connectivity index (χ1) is 9.68. The van der Waals surface area contributed by atoms with E-state index < -0.39 is 0 Å². The van der Waals surface area contributed by atoms with Crippen molar-refractivity contribution >= 4 is 35.4 Å². The van der Waals surface area contributed by atoms with E-state index in [1.54, 1.807) is 0 Å². The van der Waals surface area contributed by atoms with Crippen molar-refractivity contribution < 1.29 is 0 Å². The van der Waals surface area contributed by atoms with E-state index in [2.05, 4.69) is 60.4 Å². The van der Waals surface area contributed by atoms with Crippen LogP contribution < -0.4 is 0 Å². The van der Waals surface area contributed by atoms with Crippen molar-refractivity contribution in [3.8, 4) is 0 Å². The van der Waals surface area contributed by atoms with Gasteiger partial charge in [0.05, 0.1) is 5.69 Å². The Bertz CT molecular complexity index is 800. The number of aromatic nitrogens is 1. The van der Waals surface area contributed by atoms with Gasteiger partial charge in [0.15, 0.2) is 0 Å². The summed E-state index contributed by atoms with van der Waals surface area (Å²) in [6.45, 7) is 2.12. The number of benzene rings is 2. The molecule has 0 aliphatic carbocycles. The van der Waals surface area contributed by atoms with E-state index >= 15 is 0 Å². The van der Waals surface area contributed by atoms with Crippen molar-refractivity contribution in [3.63, 3.8) is 0 Å². The third kappa shape index (κ3) is 2.14. The molecule has 0 atom stereocenters. The fourth-order valence-electron chi connectivity index (χ4n) is 2.42. The molecule has 3 aromatic rings. The number of thiol groups is 1. The van der Waals surface area contributed by atoms with Crippen molar-refractivity contribution in [2.45, 2.75) is 11.8 Å². The molecule has 3 heteroatoms. The van der Waals surface area contributed by atoms with Gasteiger partial charge in [-0.1, -0.05) is 30.3 Å². The lowest BCUT2D eigenvalue weighted by Crippen LogP contribution is -1.91. The predicted octanol–water partition coefficient (Wildman–Crippen LogP) is 4.53. The first kappa shape index (κ1) is 13.0. The summed E-state index contributed by atoms with van der Waals surface area (Å²) in [5, 5.41) is 1.23. The number of hydrogen-bond donors (Lipinski definition) is 1. The minimum Gasteiger partial charge on any atom is -0.347 e. The van der Waals surface area contributed by atoms with E-state index in [9.17, 15) is 0 Å². The molecule has 100 valence electrons. The van der Waals surface area contributed by atoms with Gasteiger partial charge in [-0.3, -0.25) is 4.99 Å². The highest BCUT2D eigenvalue weighted by Crippen LogP contribution is 2.26. The van der Waals surface area contributed by atoms with E-state index in [4.69, 9.17) is 0 Å². The van der Waals surface area contributed by atoms with Crippen LogP contribution in [0.15, 0.2) is 58.4 Å². The van der Waals surface area contributed by atoms with E-state index in [0.717, 1.165) is 10.6 Å². The zero-order valence-corrected chi connectivity index (χ0v) is 12.4. The van der Waals surface area contributed by atoms with E-state index in [1.807, 2.05) is 30.5 Å². The van der Waals surface area contributed by atoms with Crippen LogP contribution in [0.5, 0.6) is 0 Å². The number of fused-ring (bicyclic) bond motifs is 1. The van der Waals surface area contributed by atoms with E-state index in [1.165, 1.54) is 22.2 Å². The summed E-state index contributed by atoms with van der Waals surface area (Å²) < 4.78 is 2.20. The maximum atomic E-state index is 4.59. The smallest absolute Gasteiger partial charge is 0.0763 e. The van der Waals surface area contributed by atoms with Gasteiger partial charge in [-0.15, -0.1) is 12.6 Å². The Kier molecular flexibility index (Phi) is 3.36. The van der Waals surface area contributed by atoms with Crippen molar-refractivity contribution in [3.05, 3.63) is 59.8 Å². The molecule has 0 fully saturated rings. The standard InChI is InChI=1S/C17H16N2S/c1-12-14(11-18-15-8-4-6-10-17(15)20)13-7-3-5-9-16(13)19(12)2/h3-11,20H,1-2H3. The fraction of sp³-hybridized carbons (Fsp3) is 0.118. The third-order valence-corrected chi connectivity index (χ3v) is 4.04. The van der Waals surface area contributed by atoms with E-state index in [-0.39, 0.29) is 0 Å². The van der Waals surface area contributed by atoms with Crippen molar-refractivity contribution in [1.82, 2.24) is 4.57 Å². The topological polar surface area (TPSA) is 17.3 Å². The highest BCUT2D eigenvalue weighted by atomic mass is 32.1. The van der Waals surface area contributed by atoms with Gasteiger partial charge in [-0.05, 0) is 25.1 Å². The number of aryl methyl sites for hydroxylation is 1. The van der Waals surface area contributed by atoms with Crippen LogP contribution >= 0.6 is 12.6 Å². The largest absolute Gasteiger partial charge is 0.347 e. The average molecular weight is 280 g/mol. The summed E-state index contributed by atoms with van der Waals surface area (Å²) in [5.41, 5.74) is 4.50. The van der Waals surface area contributed by atoms with Crippen LogP contribution in [0.3, 0.4) is 0 Å². The van der Waals surface area contributed by atoms with Crippen molar-refractivity contribution in [2.75, 3.05) is 0 Å². The van der Waals surface area contributed by atoms with Gasteiger partial charge in [-0.25, -0.2) is 0 Å². The summed E-state index contributed by atoms with van der Waals surface area (Å²) >= 11 is 4.43. The second-order valence-corrected chi connectivity index (χ2v) is 5.30. The van der Waals surface area contributed by atoms with Crippen molar-refractivity contribution in [1.29, 1.82) is 0 Å². The first-order valence-corrected chi connectivity index (χ1v) is 6.99. The lowest BCUT2D eigenvalue weighted by Gasteiger charge is -1.99. The average Bonchev–Trinajstić information content (AvgIpc) is 2.71. The van der Waals surface area contributed by atoms with Gasteiger partial charge >= 0.3 is 0 Å². The van der Waals surface area contributed by atoms with Crippen molar-refractivity contribution in [2.24, 2.45) is 12.0 Å². The zero-order valence-electron chi connectivity index (χ0n) is 11.5. The minimum absolute atomic E-state index is 0.890. The molecule has 0 saturated heterocycles. The summed E-state index contributed by atoms with van der Waals surface area (Å²) in [6.07, 6.45) is 1.94. The molecule has 0 aliphatic heterocycles. The summed E-state index contributed by atoms with van der Waals surface area (Å²) in [7, 11) is 2.08. The van der Waals surface area contributed by atoms with Crippen LogP contribution in [0.1, 0.15) is 11.3 Å². The normalized spacial score (nSPS) is 11.6. The summed E-state index contributed by atoms with van der Waals surface area (Å²) in [4.78, 5) is 5.48. The lowest BCUT2D eigenvalue weighted by atomic mass is 10.1. The Labute approximate surface area is 124 Å². The molecule has 1 heterocycles. The Hall–Kier alpha value is -2.00. The zero-order chi connectivity index (χ0) is 14.1. The van der Waals surface area contributed by atoms with Gasteiger partial charge in [0.25, 0.3) is 0 Å². The molecule has 2 aromatic carbocycles. The number of aliphatic imine (C=N–C) groups is 1. The maximum Gasteiger partial charge on any atom is 0.0763 e. The number of hydrogen-bond acceptors (Lipinski definition) is 2. The van der Waals surface area contributed by atoms with E-state index in [0.29, 0.717) is 0 Å². The maximum absolute atomic E-state index is 4.59. The highest BCUT2D eigenvalue weighted by Gasteiger charge is 2.09. The van der Waals surface area contributed by atoms with Crippen LogP contribution in [0.4, 0.5) is 5.69 Å². The summed E-state index contributed by atoms with van der Waals surface area (Å²) in [5.74, 6) is 0. The minimum atomic E-state index is 0.890. The molecule has 0 bridgehead atoms. The predicted molar refractivity (Wildman–Crippen MR) is 88.6 cm³/mol. The second kappa shape index (κ2) is 5.17. The molecule has 0 N–H and O–H groups in total. The van der Waals surface area contributed by atoms with Crippen LogP contribution in [-0.4, -0.2) is 10.8 Å². The Morgan fingerprint density at radius 2 is 1.75 bits per heavy atom. The molecule has 0 saturated carbocycles. The Morgan fingerprint density at radius 3 is 2.55 bits per heavy atom. The van der Waals surface area contributed by atoms with Crippen LogP contribution in [0.25, 0.3) is 10.9 Å². The monoisotopic (exact) mass is 280 g/mol. The van der Waals surface area contributed by atoms with Crippen LogP contribution in [0.2, 0.25) is 0 Å². The molecule has 3 rings (SSSR count). The molecular weight excluding hydrogens is 264 g/mol. The molecule has 0 aliphatic rings. The SMILES string of the molecule is Cc1c(C=Nc2ccccc2S)c2ccccc2n1C. The molecule has 2 nitrogen and oxygen atoms in total. The van der Waals surface area contributed by atoms with Crippen LogP contribution in [-0.2, 0) is 7.05 Å². The molecule has 20 heavy (non-hydrogen) atoms. The summed E-state index contributed by atoms with van der Waals surface area (Å²) in [6, 6.07) is 16.2. The number of para-hydroxylation sites is 2. The number of nitrogens with zero attached hydrogens (tertiary/aromatic N) is 2. The quantitative estimate of drug-likeness (QED) is 0.525. The molecular formula is C17H16N2S. The molecule has 1 aromatic heterocycles. The van der Waals surface area contributed by atoms with Gasteiger partial charge in [0.1, 0.15) is 0 Å².